The number of aromatic amines is 2. The number of imidazole rings is 1. The van der Waals surface area contributed by atoms with Crippen LogP contribution in [0.1, 0.15) is 24.7 Å². The normalized spacial score (nSPS) is 18.9. The molecule has 8 nitrogen and oxygen atoms in total. The lowest BCUT2D eigenvalue weighted by molar-refractivity contribution is 0.187. The van der Waals surface area contributed by atoms with Gasteiger partial charge in [-0.1, -0.05) is 0 Å². The highest BCUT2D eigenvalue weighted by Crippen LogP contribution is 2.21. The van der Waals surface area contributed by atoms with E-state index < -0.39 is 11.2 Å². The van der Waals surface area contributed by atoms with Crippen molar-refractivity contribution in [2.45, 2.75) is 25.4 Å². The molecule has 108 valence electrons. The first-order valence-corrected chi connectivity index (χ1v) is 6.65. The van der Waals surface area contributed by atoms with Crippen LogP contribution in [-0.4, -0.2) is 39.8 Å². The van der Waals surface area contributed by atoms with Crippen molar-refractivity contribution in [3.63, 3.8) is 0 Å². The number of methoxy groups -OCH3 is 1. The van der Waals surface area contributed by atoms with E-state index in [9.17, 15) is 9.59 Å². The molecule has 0 spiro atoms. The molecule has 0 aromatic carbocycles. The average Bonchev–Trinajstić information content (AvgIpc) is 3.07. The van der Waals surface area contributed by atoms with Gasteiger partial charge in [-0.15, -0.1) is 0 Å². The van der Waals surface area contributed by atoms with Gasteiger partial charge in [0.1, 0.15) is 11.3 Å². The lowest BCUT2D eigenvalue weighted by Gasteiger charge is -2.05. The van der Waals surface area contributed by atoms with E-state index in [0.29, 0.717) is 30.1 Å². The molecule has 1 aliphatic rings. The van der Waals surface area contributed by atoms with E-state index in [4.69, 9.17) is 4.74 Å². The van der Waals surface area contributed by atoms with Gasteiger partial charge in [-0.3, -0.25) is 14.3 Å². The first-order chi connectivity index (χ1) is 9.70. The van der Waals surface area contributed by atoms with Crippen LogP contribution < -0.4 is 16.6 Å². The Balaban J connectivity index is 2.12. The lowest BCUT2D eigenvalue weighted by atomic mass is 10.2. The molecular weight excluding hydrogens is 262 g/mol. The summed E-state index contributed by atoms with van der Waals surface area (Å²) in [6.45, 7) is 1.67. The molecule has 0 saturated carbocycles. The van der Waals surface area contributed by atoms with Crippen LogP contribution in [0.2, 0.25) is 0 Å². The Hall–Kier alpha value is -1.93. The van der Waals surface area contributed by atoms with Gasteiger partial charge in [-0.2, -0.15) is 0 Å². The first-order valence-electron chi connectivity index (χ1n) is 6.65. The number of hydrogen-bond donors (Lipinski definition) is 3. The molecule has 1 aliphatic heterocycles. The maximum Gasteiger partial charge on any atom is 0.330 e. The molecular formula is C12H17N5O3. The van der Waals surface area contributed by atoms with Crippen LogP contribution in [0.25, 0.3) is 11.2 Å². The molecule has 1 fully saturated rings. The van der Waals surface area contributed by atoms with Crippen molar-refractivity contribution < 1.29 is 4.74 Å². The van der Waals surface area contributed by atoms with Gasteiger partial charge in [-0.25, -0.2) is 9.78 Å². The quantitative estimate of drug-likeness (QED) is 0.698. The van der Waals surface area contributed by atoms with Crippen molar-refractivity contribution in [3.05, 3.63) is 26.7 Å². The second kappa shape index (κ2) is 5.22. The van der Waals surface area contributed by atoms with Crippen LogP contribution in [0.4, 0.5) is 0 Å². The number of ether oxygens (including phenoxy) is 1. The average molecular weight is 279 g/mol. The number of fused-ring (bicyclic) bond motifs is 1. The summed E-state index contributed by atoms with van der Waals surface area (Å²) in [7, 11) is 1.56. The Kier molecular flexibility index (Phi) is 3.41. The summed E-state index contributed by atoms with van der Waals surface area (Å²) in [5.74, 6) is 0.708. The van der Waals surface area contributed by atoms with Crippen LogP contribution >= 0.6 is 0 Å². The van der Waals surface area contributed by atoms with Gasteiger partial charge in [0.25, 0.3) is 5.56 Å². The molecule has 0 radical (unpaired) electrons. The number of rotatable bonds is 4. The summed E-state index contributed by atoms with van der Waals surface area (Å²) in [5.41, 5.74) is -0.170. The minimum Gasteiger partial charge on any atom is -0.383 e. The SMILES string of the molecule is COCCn1c(=O)[nH]c(=O)c2[nH]c(C3CCCN3)nc21. The van der Waals surface area contributed by atoms with Crippen molar-refractivity contribution in [3.8, 4) is 0 Å². The van der Waals surface area contributed by atoms with Crippen molar-refractivity contribution in [1.82, 2.24) is 24.8 Å². The molecule has 0 amide bonds. The predicted molar refractivity (Wildman–Crippen MR) is 72.8 cm³/mol. The third-order valence-electron chi connectivity index (χ3n) is 3.56. The largest absolute Gasteiger partial charge is 0.383 e. The fraction of sp³-hybridized carbons (Fsp3) is 0.583. The molecule has 20 heavy (non-hydrogen) atoms. The zero-order valence-electron chi connectivity index (χ0n) is 11.2. The summed E-state index contributed by atoms with van der Waals surface area (Å²) < 4.78 is 6.41. The Morgan fingerprint density at radius 2 is 2.25 bits per heavy atom. The maximum atomic E-state index is 11.9. The Morgan fingerprint density at radius 1 is 1.40 bits per heavy atom. The van der Waals surface area contributed by atoms with E-state index in [2.05, 4.69) is 20.3 Å². The van der Waals surface area contributed by atoms with Crippen molar-refractivity contribution >= 4 is 11.2 Å². The van der Waals surface area contributed by atoms with E-state index in [1.54, 1.807) is 7.11 Å². The van der Waals surface area contributed by atoms with Crippen LogP contribution in [0, 0.1) is 0 Å². The molecule has 0 aliphatic carbocycles. The Morgan fingerprint density at radius 3 is 2.95 bits per heavy atom. The minimum atomic E-state index is -0.461. The summed E-state index contributed by atoms with van der Waals surface area (Å²) >= 11 is 0. The van der Waals surface area contributed by atoms with Crippen LogP contribution in [-0.2, 0) is 11.3 Å². The zero-order chi connectivity index (χ0) is 14.1. The standard InChI is InChI=1S/C12H17N5O3/c1-20-6-5-17-10-8(11(18)16-12(17)19)14-9(15-10)7-3-2-4-13-7/h7,13H,2-6H2,1H3,(H,14,15)(H,16,18,19). The number of H-pyrrole nitrogens is 2. The van der Waals surface area contributed by atoms with Crippen molar-refractivity contribution in [1.29, 1.82) is 0 Å². The molecule has 3 rings (SSSR count). The third kappa shape index (κ3) is 2.16. The fourth-order valence-electron chi connectivity index (χ4n) is 2.53. The highest BCUT2D eigenvalue weighted by Gasteiger charge is 2.21. The minimum absolute atomic E-state index is 0.118. The molecule has 1 saturated heterocycles. The smallest absolute Gasteiger partial charge is 0.330 e. The van der Waals surface area contributed by atoms with E-state index in [0.717, 1.165) is 19.4 Å². The number of hydrogen-bond acceptors (Lipinski definition) is 5. The molecule has 1 atom stereocenters. The molecule has 2 aromatic rings. The van der Waals surface area contributed by atoms with Gasteiger partial charge in [0.2, 0.25) is 0 Å². The van der Waals surface area contributed by atoms with Gasteiger partial charge >= 0.3 is 5.69 Å². The Bertz CT molecular complexity index is 723. The van der Waals surface area contributed by atoms with Gasteiger partial charge in [0.05, 0.1) is 19.2 Å². The van der Waals surface area contributed by atoms with Crippen molar-refractivity contribution in [2.75, 3.05) is 20.3 Å². The molecule has 1 unspecified atom stereocenters. The van der Waals surface area contributed by atoms with Gasteiger partial charge < -0.3 is 15.0 Å². The molecule has 2 aromatic heterocycles. The van der Waals surface area contributed by atoms with E-state index in [-0.39, 0.29) is 6.04 Å². The van der Waals surface area contributed by atoms with E-state index >= 15 is 0 Å². The topological polar surface area (TPSA) is 105 Å². The third-order valence-corrected chi connectivity index (χ3v) is 3.56. The van der Waals surface area contributed by atoms with Crippen LogP contribution in [0.5, 0.6) is 0 Å². The van der Waals surface area contributed by atoms with Gasteiger partial charge in [0.15, 0.2) is 5.65 Å². The monoisotopic (exact) mass is 279 g/mol. The lowest BCUT2D eigenvalue weighted by Crippen LogP contribution is -2.31. The predicted octanol–water partition coefficient (Wildman–Crippen LogP) is -0.516. The highest BCUT2D eigenvalue weighted by molar-refractivity contribution is 5.69. The summed E-state index contributed by atoms with van der Waals surface area (Å²) in [6.07, 6.45) is 2.05. The summed E-state index contributed by atoms with van der Waals surface area (Å²) in [4.78, 5) is 33.5. The van der Waals surface area contributed by atoms with Gasteiger partial charge in [-0.05, 0) is 19.4 Å². The second-order valence-electron chi connectivity index (χ2n) is 4.87. The zero-order valence-corrected chi connectivity index (χ0v) is 11.2. The summed E-state index contributed by atoms with van der Waals surface area (Å²) in [5, 5.41) is 3.31. The van der Waals surface area contributed by atoms with Crippen LogP contribution in [0.15, 0.2) is 9.59 Å². The fourth-order valence-corrected chi connectivity index (χ4v) is 2.53. The van der Waals surface area contributed by atoms with E-state index in [1.807, 2.05) is 0 Å². The van der Waals surface area contributed by atoms with E-state index in [1.165, 1.54) is 4.57 Å². The number of nitrogens with one attached hydrogen (secondary N) is 3. The molecule has 0 bridgehead atoms. The highest BCUT2D eigenvalue weighted by atomic mass is 16.5. The van der Waals surface area contributed by atoms with Crippen LogP contribution in [0.3, 0.4) is 0 Å². The Labute approximate surface area is 114 Å². The second-order valence-corrected chi connectivity index (χ2v) is 4.87. The maximum absolute atomic E-state index is 11.9. The van der Waals surface area contributed by atoms with Crippen molar-refractivity contribution in [2.24, 2.45) is 0 Å². The number of aromatic nitrogens is 4. The summed E-state index contributed by atoms with van der Waals surface area (Å²) in [6, 6.07) is 0.118. The van der Waals surface area contributed by atoms with Gasteiger partial charge in [0, 0.05) is 7.11 Å². The molecule has 3 heterocycles. The molecule has 8 heteroatoms. The number of nitrogens with zero attached hydrogens (tertiary/aromatic N) is 2. The molecule has 3 N–H and O–H groups in total. The first kappa shape index (κ1) is 13.1.